The van der Waals surface area contributed by atoms with Gasteiger partial charge in [0.1, 0.15) is 5.82 Å². The fourth-order valence-corrected chi connectivity index (χ4v) is 2.99. The summed E-state index contributed by atoms with van der Waals surface area (Å²) in [5.74, 6) is -2.76. The number of aromatic nitrogens is 2. The largest absolute Gasteiger partial charge is 0.393 e. The lowest BCUT2D eigenvalue weighted by Gasteiger charge is -2.20. The number of hydrogen-bond donors (Lipinski definition) is 2. The molecular weight excluding hydrogens is 309 g/mol. The molecule has 1 saturated heterocycles. The lowest BCUT2D eigenvalue weighted by Crippen LogP contribution is -2.40. The van der Waals surface area contributed by atoms with Crippen LogP contribution in [-0.2, 0) is 11.3 Å². The van der Waals surface area contributed by atoms with E-state index in [1.165, 1.54) is 4.90 Å². The van der Waals surface area contributed by atoms with Crippen LogP contribution in [0.4, 0.5) is 13.2 Å². The lowest BCUT2D eigenvalue weighted by atomic mass is 9.94. The number of carbonyl (C=O) groups is 1. The number of H-pyrrole nitrogens is 1. The Morgan fingerprint density at radius 1 is 1.39 bits per heavy atom. The SMILES string of the molecule is CN1C[C@@H](C(F)(F)F)[C@H](C(=O)NCc2nc3ccccc3[nH]2)C1. The van der Waals surface area contributed by atoms with Gasteiger partial charge < -0.3 is 15.2 Å². The van der Waals surface area contributed by atoms with Crippen molar-refractivity contribution in [3.63, 3.8) is 0 Å². The molecule has 0 aliphatic carbocycles. The smallest absolute Gasteiger partial charge is 0.349 e. The van der Waals surface area contributed by atoms with E-state index >= 15 is 0 Å². The Labute approximate surface area is 130 Å². The topological polar surface area (TPSA) is 61.0 Å². The molecule has 2 atom stereocenters. The third-order valence-electron chi connectivity index (χ3n) is 4.13. The Kier molecular flexibility index (Phi) is 4.01. The lowest BCUT2D eigenvalue weighted by molar-refractivity contribution is -0.183. The van der Waals surface area contributed by atoms with Crippen molar-refractivity contribution >= 4 is 16.9 Å². The van der Waals surface area contributed by atoms with Gasteiger partial charge in [0.15, 0.2) is 0 Å². The molecule has 0 spiro atoms. The van der Waals surface area contributed by atoms with Crippen molar-refractivity contribution in [1.29, 1.82) is 0 Å². The normalized spacial score (nSPS) is 22.6. The summed E-state index contributed by atoms with van der Waals surface area (Å²) >= 11 is 0. The average molecular weight is 326 g/mol. The molecule has 3 rings (SSSR count). The van der Waals surface area contributed by atoms with Crippen LogP contribution in [0.2, 0.25) is 0 Å². The third-order valence-corrected chi connectivity index (χ3v) is 4.13. The Balaban J connectivity index is 1.66. The number of fused-ring (bicyclic) bond motifs is 1. The zero-order valence-corrected chi connectivity index (χ0v) is 12.5. The number of rotatable bonds is 3. The van der Waals surface area contributed by atoms with Gasteiger partial charge >= 0.3 is 6.18 Å². The Hall–Kier alpha value is -2.09. The zero-order chi connectivity index (χ0) is 16.6. The first-order valence-corrected chi connectivity index (χ1v) is 7.31. The molecule has 1 aliphatic heterocycles. The summed E-state index contributed by atoms with van der Waals surface area (Å²) in [6, 6.07) is 7.36. The second-order valence-electron chi connectivity index (χ2n) is 5.89. The Morgan fingerprint density at radius 3 is 2.83 bits per heavy atom. The first-order valence-electron chi connectivity index (χ1n) is 7.31. The van der Waals surface area contributed by atoms with Gasteiger partial charge in [-0.05, 0) is 19.2 Å². The van der Waals surface area contributed by atoms with E-state index in [1.807, 2.05) is 24.3 Å². The van der Waals surface area contributed by atoms with Crippen LogP contribution in [0.3, 0.4) is 0 Å². The van der Waals surface area contributed by atoms with Gasteiger partial charge in [0.05, 0.1) is 29.4 Å². The summed E-state index contributed by atoms with van der Waals surface area (Å²) < 4.78 is 39.1. The number of nitrogens with zero attached hydrogens (tertiary/aromatic N) is 2. The molecule has 23 heavy (non-hydrogen) atoms. The monoisotopic (exact) mass is 326 g/mol. The molecule has 0 bridgehead atoms. The van der Waals surface area contributed by atoms with Gasteiger partial charge in [-0.3, -0.25) is 4.79 Å². The number of halogens is 3. The predicted molar refractivity (Wildman–Crippen MR) is 78.5 cm³/mol. The number of aromatic amines is 1. The fraction of sp³-hybridized carbons (Fsp3) is 0.467. The average Bonchev–Trinajstić information content (AvgIpc) is 3.07. The molecule has 0 radical (unpaired) electrons. The molecule has 2 aromatic rings. The van der Waals surface area contributed by atoms with Crippen LogP contribution >= 0.6 is 0 Å². The van der Waals surface area contributed by atoms with E-state index in [1.54, 1.807) is 7.05 Å². The first-order chi connectivity index (χ1) is 10.8. The highest BCUT2D eigenvalue weighted by Gasteiger charge is 2.51. The molecule has 1 aromatic carbocycles. The third kappa shape index (κ3) is 3.31. The van der Waals surface area contributed by atoms with Crippen LogP contribution < -0.4 is 5.32 Å². The highest BCUT2D eigenvalue weighted by atomic mass is 19.4. The molecule has 0 unspecified atom stereocenters. The van der Waals surface area contributed by atoms with E-state index in [2.05, 4.69) is 15.3 Å². The summed E-state index contributed by atoms with van der Waals surface area (Å²) in [4.78, 5) is 21.0. The van der Waals surface area contributed by atoms with E-state index in [4.69, 9.17) is 0 Å². The van der Waals surface area contributed by atoms with Crippen molar-refractivity contribution in [2.24, 2.45) is 11.8 Å². The zero-order valence-electron chi connectivity index (χ0n) is 12.5. The van der Waals surface area contributed by atoms with Gasteiger partial charge in [-0.2, -0.15) is 13.2 Å². The van der Waals surface area contributed by atoms with E-state index < -0.39 is 23.9 Å². The molecule has 1 aliphatic rings. The fourth-order valence-electron chi connectivity index (χ4n) is 2.99. The molecule has 0 saturated carbocycles. The number of para-hydroxylation sites is 2. The number of hydrogen-bond acceptors (Lipinski definition) is 3. The minimum atomic E-state index is -4.37. The summed E-state index contributed by atoms with van der Waals surface area (Å²) in [6.45, 7) is 0.0423. The van der Waals surface area contributed by atoms with Gasteiger partial charge in [-0.25, -0.2) is 4.98 Å². The maximum absolute atomic E-state index is 13.0. The highest BCUT2D eigenvalue weighted by molar-refractivity contribution is 5.80. The number of nitrogens with one attached hydrogen (secondary N) is 2. The minimum Gasteiger partial charge on any atom is -0.349 e. The van der Waals surface area contributed by atoms with Crippen LogP contribution in [0.15, 0.2) is 24.3 Å². The van der Waals surface area contributed by atoms with Gasteiger partial charge in [0.25, 0.3) is 0 Å². The van der Waals surface area contributed by atoms with E-state index in [-0.39, 0.29) is 19.6 Å². The molecule has 8 heteroatoms. The number of likely N-dealkylation sites (tertiary alicyclic amines) is 1. The minimum absolute atomic E-state index is 0.0817. The number of imidazole rings is 1. The molecule has 2 N–H and O–H groups in total. The Bertz CT molecular complexity index is 679. The van der Waals surface area contributed by atoms with Crippen LogP contribution in [0.25, 0.3) is 11.0 Å². The van der Waals surface area contributed by atoms with Crippen LogP contribution in [-0.4, -0.2) is 47.1 Å². The van der Waals surface area contributed by atoms with Gasteiger partial charge in [0, 0.05) is 13.1 Å². The van der Waals surface area contributed by atoms with Crippen LogP contribution in [0.5, 0.6) is 0 Å². The van der Waals surface area contributed by atoms with E-state index in [0.29, 0.717) is 5.82 Å². The number of benzene rings is 1. The molecule has 5 nitrogen and oxygen atoms in total. The van der Waals surface area contributed by atoms with Crippen molar-refractivity contribution in [2.75, 3.05) is 20.1 Å². The second kappa shape index (κ2) is 5.84. The second-order valence-corrected chi connectivity index (χ2v) is 5.89. The van der Waals surface area contributed by atoms with Gasteiger partial charge in [-0.1, -0.05) is 12.1 Å². The highest BCUT2D eigenvalue weighted by Crippen LogP contribution is 2.37. The van der Waals surface area contributed by atoms with Crippen molar-refractivity contribution in [3.8, 4) is 0 Å². The first kappa shape index (κ1) is 15.8. The predicted octanol–water partition coefficient (Wildman–Crippen LogP) is 1.92. The van der Waals surface area contributed by atoms with E-state index in [9.17, 15) is 18.0 Å². The number of alkyl halides is 3. The summed E-state index contributed by atoms with van der Waals surface area (Å²) in [6.07, 6.45) is -4.37. The van der Waals surface area contributed by atoms with E-state index in [0.717, 1.165) is 11.0 Å². The molecule has 1 amide bonds. The maximum Gasteiger partial charge on any atom is 0.393 e. The van der Waals surface area contributed by atoms with Gasteiger partial charge in [-0.15, -0.1) is 0 Å². The molecular formula is C15H17F3N4O. The van der Waals surface area contributed by atoms with Gasteiger partial charge in [0.2, 0.25) is 5.91 Å². The molecule has 1 aromatic heterocycles. The van der Waals surface area contributed by atoms with Crippen molar-refractivity contribution < 1.29 is 18.0 Å². The standard InChI is InChI=1S/C15H17F3N4O/c1-22-7-9(10(8-22)15(16,17)18)14(23)19-6-13-20-11-4-2-3-5-12(11)21-13/h2-5,9-10H,6-8H2,1H3,(H,19,23)(H,20,21)/t9-,10-/m1/s1. The molecule has 124 valence electrons. The Morgan fingerprint density at radius 2 is 2.13 bits per heavy atom. The van der Waals surface area contributed by atoms with Crippen molar-refractivity contribution in [2.45, 2.75) is 12.7 Å². The summed E-state index contributed by atoms with van der Waals surface area (Å²) in [5.41, 5.74) is 1.58. The number of amides is 1. The van der Waals surface area contributed by atoms with Crippen molar-refractivity contribution in [3.05, 3.63) is 30.1 Å². The number of carbonyl (C=O) groups excluding carboxylic acids is 1. The van der Waals surface area contributed by atoms with Crippen molar-refractivity contribution in [1.82, 2.24) is 20.2 Å². The molecule has 2 heterocycles. The summed E-state index contributed by atoms with van der Waals surface area (Å²) in [7, 11) is 1.59. The molecule has 1 fully saturated rings. The van der Waals surface area contributed by atoms with Crippen LogP contribution in [0.1, 0.15) is 5.82 Å². The quantitative estimate of drug-likeness (QED) is 0.906. The maximum atomic E-state index is 13.0. The van der Waals surface area contributed by atoms with Crippen LogP contribution in [0, 0.1) is 11.8 Å². The summed E-state index contributed by atoms with van der Waals surface area (Å²) in [5, 5.41) is 2.57.